The van der Waals surface area contributed by atoms with Gasteiger partial charge in [-0.15, -0.1) is 0 Å². The molecule has 490 valence electrons. The van der Waals surface area contributed by atoms with Crippen LogP contribution < -0.4 is 28.4 Å². The van der Waals surface area contributed by atoms with Crippen molar-refractivity contribution in [2.45, 2.75) is 234 Å². The maximum atomic E-state index is 9.90. The topological polar surface area (TPSA) is 157 Å². The fourth-order valence-corrected chi connectivity index (χ4v) is 9.91. The molecule has 5 N–H and O–H groups in total. The van der Waals surface area contributed by atoms with Gasteiger partial charge in [0.1, 0.15) is 41.1 Å². The van der Waals surface area contributed by atoms with Crippen molar-refractivity contribution < 1.29 is 54.0 Å². The maximum absolute atomic E-state index is 9.90. The molecule has 1 saturated carbocycles. The number of aliphatic hydroxyl groups is 5. The monoisotopic (exact) mass is 1210 g/mol. The van der Waals surface area contributed by atoms with E-state index < -0.39 is 12.2 Å². The van der Waals surface area contributed by atoms with Crippen molar-refractivity contribution in [1.82, 2.24) is 0 Å². The summed E-state index contributed by atoms with van der Waals surface area (Å²) in [5.41, 5.74) is 4.50. The number of ether oxygens (including phenoxy) is 6. The van der Waals surface area contributed by atoms with Crippen molar-refractivity contribution in [1.29, 1.82) is 0 Å². The Hall–Kier alpha value is -5.30. The van der Waals surface area contributed by atoms with E-state index >= 15 is 0 Å². The van der Waals surface area contributed by atoms with Crippen LogP contribution in [0.15, 0.2) is 121 Å². The van der Waals surface area contributed by atoms with Crippen molar-refractivity contribution in [3.05, 3.63) is 144 Å². The van der Waals surface area contributed by atoms with Gasteiger partial charge in [-0.1, -0.05) is 168 Å². The molecule has 0 radical (unpaired) electrons. The van der Waals surface area contributed by atoms with Gasteiger partial charge >= 0.3 is 0 Å². The van der Waals surface area contributed by atoms with Gasteiger partial charge in [-0.25, -0.2) is 0 Å². The lowest BCUT2D eigenvalue weighted by atomic mass is 9.90. The SMILES string of the molecule is CCCC(CCC)COc1cccc(CC)c1.CCCC(O)c1cccc(OCCCCCO)c1.CCCC(O)c1cccc(OCCCCO)c1.CCCCc1cccc(OCC(O)CCC)c1.CCCOc1cccc(OCC2CCCCC2)c1. The summed E-state index contributed by atoms with van der Waals surface area (Å²) in [7, 11) is 0. The van der Waals surface area contributed by atoms with Crippen LogP contribution in [0.1, 0.15) is 238 Å². The van der Waals surface area contributed by atoms with Gasteiger partial charge in [0.25, 0.3) is 0 Å². The molecule has 1 aliphatic rings. The van der Waals surface area contributed by atoms with Gasteiger partial charge in [0.2, 0.25) is 0 Å². The van der Waals surface area contributed by atoms with E-state index in [9.17, 15) is 15.3 Å². The summed E-state index contributed by atoms with van der Waals surface area (Å²) in [6.07, 6.45) is 26.0. The van der Waals surface area contributed by atoms with Crippen LogP contribution in [0.2, 0.25) is 0 Å². The van der Waals surface area contributed by atoms with E-state index in [2.05, 4.69) is 91.8 Å². The van der Waals surface area contributed by atoms with Crippen molar-refractivity contribution in [3.8, 4) is 34.5 Å². The molecule has 0 saturated heterocycles. The molecule has 0 aromatic heterocycles. The van der Waals surface area contributed by atoms with E-state index in [1.807, 2.05) is 84.9 Å². The van der Waals surface area contributed by atoms with Crippen molar-refractivity contribution in [2.24, 2.45) is 11.8 Å². The van der Waals surface area contributed by atoms with Crippen LogP contribution in [0.25, 0.3) is 0 Å². The van der Waals surface area contributed by atoms with Gasteiger partial charge < -0.3 is 54.0 Å². The van der Waals surface area contributed by atoms with Crippen LogP contribution in [0.3, 0.4) is 0 Å². The van der Waals surface area contributed by atoms with Gasteiger partial charge in [-0.05, 0) is 197 Å². The van der Waals surface area contributed by atoms with Crippen LogP contribution in [0, 0.1) is 11.8 Å². The Labute approximate surface area is 528 Å². The number of aryl methyl sites for hydroxylation is 2. The zero-order valence-electron chi connectivity index (χ0n) is 55.5. The molecule has 5 aromatic rings. The normalized spacial score (nSPS) is 12.9. The summed E-state index contributed by atoms with van der Waals surface area (Å²) in [5, 5.41) is 46.7. The zero-order chi connectivity index (χ0) is 63.4. The number of hydrogen-bond donors (Lipinski definition) is 5. The first kappa shape index (κ1) is 77.8. The fourth-order valence-electron chi connectivity index (χ4n) is 9.91. The third-order valence-corrected chi connectivity index (χ3v) is 15.0. The maximum Gasteiger partial charge on any atom is 0.122 e. The molecular formula is C76H120O11. The molecule has 0 aliphatic heterocycles. The third kappa shape index (κ3) is 38.7. The smallest absolute Gasteiger partial charge is 0.122 e. The predicted molar refractivity (Wildman–Crippen MR) is 361 cm³/mol. The van der Waals surface area contributed by atoms with Gasteiger partial charge in [-0.3, -0.25) is 0 Å². The molecule has 0 bridgehead atoms. The molecule has 0 amide bonds. The molecule has 1 aliphatic carbocycles. The molecule has 3 atom stereocenters. The van der Waals surface area contributed by atoms with E-state index in [0.717, 1.165) is 167 Å². The summed E-state index contributed by atoms with van der Waals surface area (Å²) in [6, 6.07) is 39.9. The Bertz CT molecular complexity index is 2350. The standard InChI is InChI=1S/C16H24O2.C16H26O.C15H24O3.C15H24O2.C14H22O3/c1-2-11-17-15-9-6-10-16(12-15)18-13-14-7-4-3-5-8-14;1-4-8-15(9-5-2)13-17-16-11-7-10-14(6-3)12-16;1-2-7-15(17)13-8-6-9-14(12-13)18-11-5-3-4-10-16;1-3-5-8-13-9-6-10-15(11-13)17-12-14(16)7-4-2;1-2-6-14(16)12-7-5-8-13(11-12)17-10-4-3-9-15/h6,9-10,12,14H,2-5,7-8,11,13H2,1H3;7,10-12,15H,4-6,8-9,13H2,1-3H3;6,8-9,12,15-17H,2-5,7,10-11H2,1H3;6,9-11,14,16H,3-5,7-8,12H2,1-2H3;5,7-8,11,14-16H,2-4,6,9-10H2,1H3. The summed E-state index contributed by atoms with van der Waals surface area (Å²) in [5.74, 6) is 6.82. The van der Waals surface area contributed by atoms with Gasteiger partial charge in [-0.2, -0.15) is 0 Å². The molecule has 0 spiro atoms. The van der Waals surface area contributed by atoms with Crippen LogP contribution >= 0.6 is 0 Å². The quantitative estimate of drug-likeness (QED) is 0.0239. The highest BCUT2D eigenvalue weighted by Gasteiger charge is 2.15. The number of unbranched alkanes of at least 4 members (excludes halogenated alkanes) is 4. The lowest BCUT2D eigenvalue weighted by Crippen LogP contribution is -2.16. The molecule has 1 fully saturated rings. The largest absolute Gasteiger partial charge is 0.494 e. The second-order valence-corrected chi connectivity index (χ2v) is 23.1. The molecule has 3 unspecified atom stereocenters. The first-order valence-corrected chi connectivity index (χ1v) is 34.0. The summed E-state index contributed by atoms with van der Waals surface area (Å²) in [6.45, 7) is 21.8. The Kier molecular flexibility index (Phi) is 47.1. The first-order valence-electron chi connectivity index (χ1n) is 34.0. The average Bonchev–Trinajstić information content (AvgIpc) is 3.61. The van der Waals surface area contributed by atoms with Crippen LogP contribution in [0.5, 0.6) is 34.5 Å². The Balaban J connectivity index is 0.000000371. The average molecular weight is 1210 g/mol. The zero-order valence-corrected chi connectivity index (χ0v) is 55.5. The number of rotatable bonds is 39. The van der Waals surface area contributed by atoms with Crippen LogP contribution in [-0.4, -0.2) is 84.5 Å². The van der Waals surface area contributed by atoms with Crippen molar-refractivity contribution in [2.75, 3.05) is 52.9 Å². The van der Waals surface area contributed by atoms with E-state index in [1.165, 1.54) is 81.8 Å². The third-order valence-electron chi connectivity index (χ3n) is 15.0. The van der Waals surface area contributed by atoms with Crippen LogP contribution in [-0.2, 0) is 12.8 Å². The lowest BCUT2D eigenvalue weighted by Gasteiger charge is -2.21. The Morgan fingerprint density at radius 2 is 0.839 bits per heavy atom. The summed E-state index contributed by atoms with van der Waals surface area (Å²) in [4.78, 5) is 0. The second-order valence-electron chi connectivity index (χ2n) is 23.1. The highest BCUT2D eigenvalue weighted by molar-refractivity contribution is 5.34. The van der Waals surface area contributed by atoms with Gasteiger partial charge in [0.05, 0.1) is 51.3 Å². The van der Waals surface area contributed by atoms with E-state index in [-0.39, 0.29) is 19.3 Å². The highest BCUT2D eigenvalue weighted by Crippen LogP contribution is 2.28. The van der Waals surface area contributed by atoms with Crippen molar-refractivity contribution >= 4 is 0 Å². The van der Waals surface area contributed by atoms with E-state index in [4.69, 9.17) is 38.6 Å². The van der Waals surface area contributed by atoms with E-state index in [0.29, 0.717) is 19.8 Å². The minimum atomic E-state index is -0.402. The highest BCUT2D eigenvalue weighted by atomic mass is 16.5. The molecule has 11 nitrogen and oxygen atoms in total. The fraction of sp³-hybridized carbons (Fsp3) is 0.605. The first-order chi connectivity index (χ1) is 42.5. The summed E-state index contributed by atoms with van der Waals surface area (Å²) < 4.78 is 34.2. The summed E-state index contributed by atoms with van der Waals surface area (Å²) >= 11 is 0. The molecule has 5 aromatic carbocycles. The Morgan fingerprint density at radius 1 is 0.391 bits per heavy atom. The van der Waals surface area contributed by atoms with Crippen molar-refractivity contribution in [3.63, 3.8) is 0 Å². The number of hydrogen-bond acceptors (Lipinski definition) is 11. The molecular weight excluding hydrogens is 1090 g/mol. The number of aliphatic hydroxyl groups excluding tert-OH is 5. The molecule has 11 heteroatoms. The minimum absolute atomic E-state index is 0.207. The predicted octanol–water partition coefficient (Wildman–Crippen LogP) is 18.6. The second kappa shape index (κ2) is 52.6. The lowest BCUT2D eigenvalue weighted by molar-refractivity contribution is 0.0993. The van der Waals surface area contributed by atoms with Gasteiger partial charge in [0.15, 0.2) is 0 Å². The van der Waals surface area contributed by atoms with Gasteiger partial charge in [0, 0.05) is 19.3 Å². The Morgan fingerprint density at radius 3 is 1.36 bits per heavy atom. The molecule has 0 heterocycles. The number of benzene rings is 5. The minimum Gasteiger partial charge on any atom is -0.494 e. The molecule has 6 rings (SSSR count). The van der Waals surface area contributed by atoms with Crippen LogP contribution in [0.4, 0.5) is 0 Å². The van der Waals surface area contributed by atoms with E-state index in [1.54, 1.807) is 0 Å². The molecule has 87 heavy (non-hydrogen) atoms.